The summed E-state index contributed by atoms with van der Waals surface area (Å²) in [5.41, 5.74) is 3.07. The molecule has 0 fully saturated rings. The highest BCUT2D eigenvalue weighted by Crippen LogP contribution is 2.22. The molecule has 0 saturated carbocycles. The standard InChI is InChI=1S/C25H32N4O/c1-2-3-8-22-9-11-23(12-10-22)27-28-24-13-15-25(16-14-24)30-20-7-5-4-6-18-29-19-17-26-21-29/h9-17,19,21H,2-8,18,20H2,1H3. The molecule has 0 saturated heterocycles. The van der Waals surface area contributed by atoms with Gasteiger partial charge in [-0.2, -0.15) is 10.2 Å². The topological polar surface area (TPSA) is 51.8 Å². The second-order valence-electron chi connectivity index (χ2n) is 7.53. The van der Waals surface area contributed by atoms with E-state index in [2.05, 4.69) is 38.8 Å². The number of aromatic nitrogens is 2. The van der Waals surface area contributed by atoms with E-state index in [4.69, 9.17) is 4.74 Å². The Bertz CT molecular complexity index is 855. The second kappa shape index (κ2) is 12.6. The first-order valence-electron chi connectivity index (χ1n) is 11.0. The average molecular weight is 405 g/mol. The third-order valence-electron chi connectivity index (χ3n) is 5.01. The van der Waals surface area contributed by atoms with Gasteiger partial charge in [0.25, 0.3) is 0 Å². The van der Waals surface area contributed by atoms with Gasteiger partial charge in [0, 0.05) is 18.9 Å². The van der Waals surface area contributed by atoms with E-state index in [0.717, 1.165) is 43.1 Å². The smallest absolute Gasteiger partial charge is 0.119 e. The highest BCUT2D eigenvalue weighted by Gasteiger charge is 1.98. The second-order valence-corrected chi connectivity index (χ2v) is 7.53. The Balaban J connectivity index is 1.32. The third-order valence-corrected chi connectivity index (χ3v) is 5.01. The monoisotopic (exact) mass is 404 g/mol. The van der Waals surface area contributed by atoms with E-state index in [-0.39, 0.29) is 0 Å². The Kier molecular flexibility index (Phi) is 9.12. The number of nitrogens with zero attached hydrogens (tertiary/aromatic N) is 4. The fraction of sp³-hybridized carbons (Fsp3) is 0.400. The van der Waals surface area contributed by atoms with Crippen molar-refractivity contribution in [1.82, 2.24) is 9.55 Å². The summed E-state index contributed by atoms with van der Waals surface area (Å²) in [6.07, 6.45) is 13.9. The zero-order valence-electron chi connectivity index (χ0n) is 17.9. The average Bonchev–Trinajstić information content (AvgIpc) is 3.31. The van der Waals surface area contributed by atoms with Crippen LogP contribution in [0.5, 0.6) is 5.75 Å². The molecule has 0 aliphatic carbocycles. The molecule has 0 aliphatic heterocycles. The number of benzene rings is 2. The summed E-state index contributed by atoms with van der Waals surface area (Å²) in [7, 11) is 0. The normalized spacial score (nSPS) is 11.2. The summed E-state index contributed by atoms with van der Waals surface area (Å²) >= 11 is 0. The summed E-state index contributed by atoms with van der Waals surface area (Å²) in [5.74, 6) is 0.882. The number of hydrogen-bond acceptors (Lipinski definition) is 4. The molecular weight excluding hydrogens is 372 g/mol. The zero-order valence-corrected chi connectivity index (χ0v) is 17.9. The highest BCUT2D eigenvalue weighted by molar-refractivity contribution is 5.43. The molecule has 2 aromatic carbocycles. The molecule has 0 aliphatic rings. The van der Waals surface area contributed by atoms with Crippen LogP contribution in [0.3, 0.4) is 0 Å². The molecule has 0 amide bonds. The molecule has 0 unspecified atom stereocenters. The number of ether oxygens (including phenoxy) is 1. The van der Waals surface area contributed by atoms with Crippen LogP contribution in [0.1, 0.15) is 51.0 Å². The van der Waals surface area contributed by atoms with Gasteiger partial charge in [-0.15, -0.1) is 0 Å². The van der Waals surface area contributed by atoms with Crippen molar-refractivity contribution in [2.45, 2.75) is 58.4 Å². The van der Waals surface area contributed by atoms with E-state index < -0.39 is 0 Å². The molecule has 1 aromatic heterocycles. The van der Waals surface area contributed by atoms with Crippen molar-refractivity contribution in [3.05, 3.63) is 72.8 Å². The summed E-state index contributed by atoms with van der Waals surface area (Å²) in [5, 5.41) is 8.65. The maximum atomic E-state index is 5.83. The summed E-state index contributed by atoms with van der Waals surface area (Å²) in [6.45, 7) is 4.00. The number of unbranched alkanes of at least 4 members (excludes halogenated alkanes) is 4. The largest absolute Gasteiger partial charge is 0.494 e. The van der Waals surface area contributed by atoms with Crippen LogP contribution in [0.2, 0.25) is 0 Å². The first-order chi connectivity index (χ1) is 14.8. The lowest BCUT2D eigenvalue weighted by atomic mass is 10.1. The lowest BCUT2D eigenvalue weighted by Gasteiger charge is -2.06. The summed E-state index contributed by atoms with van der Waals surface area (Å²) < 4.78 is 7.96. The lowest BCUT2D eigenvalue weighted by Crippen LogP contribution is -1.98. The van der Waals surface area contributed by atoms with Crippen molar-refractivity contribution >= 4 is 11.4 Å². The Morgan fingerprint density at radius 2 is 1.53 bits per heavy atom. The van der Waals surface area contributed by atoms with Gasteiger partial charge in [0.15, 0.2) is 0 Å². The van der Waals surface area contributed by atoms with Gasteiger partial charge in [-0.3, -0.25) is 0 Å². The minimum Gasteiger partial charge on any atom is -0.494 e. The molecule has 30 heavy (non-hydrogen) atoms. The van der Waals surface area contributed by atoms with Gasteiger partial charge in [0.1, 0.15) is 5.75 Å². The van der Waals surface area contributed by atoms with Crippen molar-refractivity contribution < 1.29 is 4.74 Å². The van der Waals surface area contributed by atoms with Crippen LogP contribution in [0, 0.1) is 0 Å². The molecule has 3 aromatic rings. The predicted molar refractivity (Wildman–Crippen MR) is 122 cm³/mol. The quantitative estimate of drug-likeness (QED) is 0.222. The Morgan fingerprint density at radius 1 is 0.833 bits per heavy atom. The number of imidazole rings is 1. The molecule has 0 spiro atoms. The van der Waals surface area contributed by atoms with E-state index >= 15 is 0 Å². The van der Waals surface area contributed by atoms with Crippen LogP contribution >= 0.6 is 0 Å². The molecule has 5 nitrogen and oxygen atoms in total. The summed E-state index contributed by atoms with van der Waals surface area (Å²) in [6, 6.07) is 16.1. The molecule has 158 valence electrons. The van der Waals surface area contributed by atoms with E-state index in [0.29, 0.717) is 0 Å². The van der Waals surface area contributed by atoms with E-state index in [9.17, 15) is 0 Å². The van der Waals surface area contributed by atoms with Crippen LogP contribution in [0.4, 0.5) is 11.4 Å². The number of hydrogen-bond donors (Lipinski definition) is 0. The highest BCUT2D eigenvalue weighted by atomic mass is 16.5. The predicted octanol–water partition coefficient (Wildman–Crippen LogP) is 7.28. The van der Waals surface area contributed by atoms with Crippen molar-refractivity contribution in [1.29, 1.82) is 0 Å². The molecule has 0 N–H and O–H groups in total. The van der Waals surface area contributed by atoms with Crippen molar-refractivity contribution in [3.8, 4) is 5.75 Å². The number of aryl methyl sites for hydroxylation is 2. The SMILES string of the molecule is CCCCc1ccc(N=Nc2ccc(OCCCCCCn3ccnc3)cc2)cc1. The summed E-state index contributed by atoms with van der Waals surface area (Å²) in [4.78, 5) is 4.06. The van der Waals surface area contributed by atoms with Crippen LogP contribution in [0.25, 0.3) is 0 Å². The van der Waals surface area contributed by atoms with Gasteiger partial charge in [-0.05, 0) is 67.6 Å². The van der Waals surface area contributed by atoms with Crippen LogP contribution < -0.4 is 4.74 Å². The van der Waals surface area contributed by atoms with Gasteiger partial charge in [0.05, 0.1) is 24.3 Å². The third kappa shape index (κ3) is 7.82. The molecule has 0 radical (unpaired) electrons. The van der Waals surface area contributed by atoms with Gasteiger partial charge in [-0.25, -0.2) is 4.98 Å². The zero-order chi connectivity index (χ0) is 20.9. The Morgan fingerprint density at radius 3 is 2.20 bits per heavy atom. The first-order valence-corrected chi connectivity index (χ1v) is 11.0. The molecule has 3 rings (SSSR count). The minimum absolute atomic E-state index is 0.746. The fourth-order valence-corrected chi connectivity index (χ4v) is 3.19. The van der Waals surface area contributed by atoms with Crippen molar-refractivity contribution in [3.63, 3.8) is 0 Å². The van der Waals surface area contributed by atoms with Gasteiger partial charge < -0.3 is 9.30 Å². The lowest BCUT2D eigenvalue weighted by molar-refractivity contribution is 0.304. The first kappa shape index (κ1) is 21.8. The molecular formula is C25H32N4O. The van der Waals surface area contributed by atoms with Gasteiger partial charge in [0.2, 0.25) is 0 Å². The number of rotatable bonds is 13. The van der Waals surface area contributed by atoms with E-state index in [1.165, 1.54) is 37.7 Å². The van der Waals surface area contributed by atoms with Crippen LogP contribution in [0.15, 0.2) is 77.5 Å². The maximum absolute atomic E-state index is 5.83. The van der Waals surface area contributed by atoms with Crippen molar-refractivity contribution in [2.24, 2.45) is 10.2 Å². The molecule has 0 atom stereocenters. The van der Waals surface area contributed by atoms with Gasteiger partial charge in [-0.1, -0.05) is 38.3 Å². The van der Waals surface area contributed by atoms with Crippen LogP contribution in [-0.2, 0) is 13.0 Å². The van der Waals surface area contributed by atoms with E-state index in [1.54, 1.807) is 0 Å². The van der Waals surface area contributed by atoms with Crippen molar-refractivity contribution in [2.75, 3.05) is 6.61 Å². The minimum atomic E-state index is 0.746. The molecule has 1 heterocycles. The Labute approximate surface area is 179 Å². The number of azo groups is 1. The van der Waals surface area contributed by atoms with Crippen LogP contribution in [-0.4, -0.2) is 16.2 Å². The fourth-order valence-electron chi connectivity index (χ4n) is 3.19. The Hall–Kier alpha value is -2.95. The molecule has 0 bridgehead atoms. The molecule has 5 heteroatoms. The maximum Gasteiger partial charge on any atom is 0.119 e. The van der Waals surface area contributed by atoms with E-state index in [1.807, 2.05) is 55.1 Å². The van der Waals surface area contributed by atoms with Gasteiger partial charge >= 0.3 is 0 Å².